The number of carbonyl (C=O) groups excluding carboxylic acids is 2. The first-order valence-corrected chi connectivity index (χ1v) is 12.8. The second kappa shape index (κ2) is 12.1. The lowest BCUT2D eigenvalue weighted by Crippen LogP contribution is -2.34. The van der Waals surface area contributed by atoms with Crippen molar-refractivity contribution in [3.05, 3.63) is 57.5 Å². The molecule has 2 amide bonds. The van der Waals surface area contributed by atoms with Crippen LogP contribution in [0.15, 0.2) is 35.3 Å². The van der Waals surface area contributed by atoms with Gasteiger partial charge in [0.2, 0.25) is 5.95 Å². The number of hydrogen-bond acceptors (Lipinski definition) is 10. The van der Waals surface area contributed by atoms with Gasteiger partial charge in [0.1, 0.15) is 12.3 Å². The lowest BCUT2D eigenvalue weighted by molar-refractivity contribution is -0.0513. The maximum atomic E-state index is 13.1. The van der Waals surface area contributed by atoms with E-state index >= 15 is 0 Å². The molecule has 3 atom stereocenters. The van der Waals surface area contributed by atoms with Gasteiger partial charge in [0.15, 0.2) is 5.65 Å². The van der Waals surface area contributed by atoms with Gasteiger partial charge in [-0.2, -0.15) is 4.98 Å². The Hall–Kier alpha value is -3.82. The molecule has 14 nitrogen and oxygen atoms in total. The van der Waals surface area contributed by atoms with Crippen LogP contribution < -0.4 is 21.9 Å². The summed E-state index contributed by atoms with van der Waals surface area (Å²) < 4.78 is 12.6. The van der Waals surface area contributed by atoms with Crippen LogP contribution in [0.1, 0.15) is 52.8 Å². The summed E-state index contributed by atoms with van der Waals surface area (Å²) in [7, 11) is 0. The van der Waals surface area contributed by atoms with Crippen LogP contribution in [0.4, 0.5) is 5.95 Å². The summed E-state index contributed by atoms with van der Waals surface area (Å²) in [5.41, 5.74) is 5.73. The van der Waals surface area contributed by atoms with E-state index in [1.807, 2.05) is 0 Å². The third-order valence-corrected chi connectivity index (χ3v) is 6.57. The number of aromatic amines is 1. The van der Waals surface area contributed by atoms with Crippen LogP contribution in [0, 0.1) is 0 Å². The van der Waals surface area contributed by atoms with Crippen LogP contribution in [0.3, 0.4) is 0 Å². The topological polar surface area (TPSA) is 214 Å². The number of carbonyl (C=O) groups is 2. The van der Waals surface area contributed by atoms with Gasteiger partial charge in [-0.15, -0.1) is 0 Å². The van der Waals surface area contributed by atoms with E-state index in [1.165, 1.54) is 10.8 Å². The maximum Gasteiger partial charge on any atom is 0.262 e. The van der Waals surface area contributed by atoms with Crippen LogP contribution in [0.25, 0.3) is 11.0 Å². The number of nitrogens with zero attached hydrogens (tertiary/aromatic N) is 2. The molecular formula is C26H34N6O8. The third kappa shape index (κ3) is 6.48. The molecule has 216 valence electrons. The molecule has 1 fully saturated rings. The minimum atomic E-state index is -0.930. The van der Waals surface area contributed by atoms with Crippen LogP contribution >= 0.6 is 0 Å². The van der Waals surface area contributed by atoms with Gasteiger partial charge in [0.25, 0.3) is 17.4 Å². The molecule has 8 N–H and O–H groups in total. The van der Waals surface area contributed by atoms with E-state index in [2.05, 4.69) is 20.6 Å². The molecule has 1 aromatic carbocycles. The molecule has 4 rings (SSSR count). The lowest BCUT2D eigenvalue weighted by Gasteiger charge is -2.22. The Kier molecular flexibility index (Phi) is 8.85. The summed E-state index contributed by atoms with van der Waals surface area (Å²) in [5.74, 6) is -0.986. The number of aliphatic hydroxyl groups is 3. The fourth-order valence-electron chi connectivity index (χ4n) is 4.31. The molecule has 3 unspecified atom stereocenters. The van der Waals surface area contributed by atoms with Crippen molar-refractivity contribution >= 4 is 28.8 Å². The van der Waals surface area contributed by atoms with E-state index in [4.69, 9.17) is 15.2 Å². The monoisotopic (exact) mass is 558 g/mol. The summed E-state index contributed by atoms with van der Waals surface area (Å²) in [6, 6.07) is 6.64. The molecule has 3 heterocycles. The maximum absolute atomic E-state index is 13.1. The highest BCUT2D eigenvalue weighted by Gasteiger charge is 2.36. The van der Waals surface area contributed by atoms with E-state index in [1.54, 1.807) is 38.1 Å². The smallest absolute Gasteiger partial charge is 0.262 e. The zero-order valence-electron chi connectivity index (χ0n) is 22.2. The number of nitrogens with one attached hydrogen (secondary N) is 3. The molecule has 0 bridgehead atoms. The highest BCUT2D eigenvalue weighted by Crippen LogP contribution is 2.32. The van der Waals surface area contributed by atoms with Gasteiger partial charge in [0.05, 0.1) is 42.5 Å². The molecule has 0 spiro atoms. The zero-order valence-corrected chi connectivity index (χ0v) is 22.2. The fourth-order valence-corrected chi connectivity index (χ4v) is 4.31. The van der Waals surface area contributed by atoms with Crippen LogP contribution in [0.2, 0.25) is 0 Å². The molecule has 40 heavy (non-hydrogen) atoms. The number of H-pyrrole nitrogens is 1. The van der Waals surface area contributed by atoms with Crippen molar-refractivity contribution < 1.29 is 34.4 Å². The minimum absolute atomic E-state index is 0.00983. The number of rotatable bonds is 11. The number of amides is 2. The molecule has 0 aliphatic carbocycles. The summed E-state index contributed by atoms with van der Waals surface area (Å²) in [4.78, 5) is 44.8. The van der Waals surface area contributed by atoms with Gasteiger partial charge in [-0.25, -0.2) is 0 Å². The Morgan fingerprint density at radius 1 is 1.23 bits per heavy atom. The predicted octanol–water partition coefficient (Wildman–Crippen LogP) is -0.605. The zero-order chi connectivity index (χ0) is 29.0. The molecule has 14 heteroatoms. The number of ether oxygens (including phenoxy) is 2. The van der Waals surface area contributed by atoms with Gasteiger partial charge >= 0.3 is 0 Å². The average Bonchev–Trinajstić information content (AvgIpc) is 3.50. The van der Waals surface area contributed by atoms with Gasteiger partial charge in [-0.05, 0) is 31.5 Å². The Morgan fingerprint density at radius 3 is 2.60 bits per heavy atom. The summed E-state index contributed by atoms with van der Waals surface area (Å²) in [5, 5.41) is 34.3. The van der Waals surface area contributed by atoms with E-state index in [0.29, 0.717) is 11.1 Å². The van der Waals surface area contributed by atoms with Crippen LogP contribution in [0.5, 0.6) is 0 Å². The van der Waals surface area contributed by atoms with Crippen molar-refractivity contribution in [1.82, 2.24) is 25.2 Å². The van der Waals surface area contributed by atoms with E-state index in [9.17, 15) is 29.7 Å². The van der Waals surface area contributed by atoms with Crippen LogP contribution in [-0.2, 0) is 16.0 Å². The molecule has 0 saturated carbocycles. The Morgan fingerprint density at radius 2 is 1.95 bits per heavy atom. The van der Waals surface area contributed by atoms with Crippen molar-refractivity contribution in [2.24, 2.45) is 0 Å². The summed E-state index contributed by atoms with van der Waals surface area (Å²) in [6.07, 6.45) is -0.969. The van der Waals surface area contributed by atoms with Crippen molar-refractivity contribution in [2.75, 3.05) is 32.1 Å². The third-order valence-electron chi connectivity index (χ3n) is 6.57. The van der Waals surface area contributed by atoms with Crippen molar-refractivity contribution in [3.8, 4) is 0 Å². The van der Waals surface area contributed by atoms with E-state index in [-0.39, 0.29) is 61.2 Å². The number of nitrogens with two attached hydrogens (primary N) is 1. The molecule has 0 radical (unpaired) electrons. The number of aromatic nitrogens is 3. The molecule has 3 aromatic rings. The van der Waals surface area contributed by atoms with Gasteiger partial charge < -0.3 is 45.7 Å². The van der Waals surface area contributed by atoms with E-state index < -0.39 is 42.1 Å². The fraction of sp³-hybridized carbons (Fsp3) is 0.462. The minimum Gasteiger partial charge on any atom is -0.394 e. The Labute approximate surface area is 229 Å². The molecule has 1 saturated heterocycles. The molecular weight excluding hydrogens is 524 g/mol. The lowest BCUT2D eigenvalue weighted by atomic mass is 10.1. The average molecular weight is 559 g/mol. The number of aliphatic hydroxyl groups excluding tert-OH is 3. The highest BCUT2D eigenvalue weighted by atomic mass is 16.5. The SMILES string of the molecule is CC(C)(CO)OCCNC(=O)c1ccc(CNC(=O)c2cn(C3CC(O)C(CO)O3)c3nc(N)[nH]c(=O)c23)cc1. The molecule has 2 aromatic heterocycles. The standard InChI is InChI=1S/C26H34N6O8/c1-26(2,13-34)39-8-7-28-22(36)15-5-3-14(4-6-15)10-29-23(37)16-11-32(19-9-17(35)18(12-33)40-19)21-20(16)24(38)31-25(27)30-21/h3-6,11,17-19,33-35H,7-10,12-13H2,1-2H3,(H,28,36)(H,29,37)(H3,27,30,31,38). The van der Waals surface area contributed by atoms with Crippen molar-refractivity contribution in [1.29, 1.82) is 0 Å². The van der Waals surface area contributed by atoms with E-state index in [0.717, 1.165) is 0 Å². The summed E-state index contributed by atoms with van der Waals surface area (Å²) >= 11 is 0. The predicted molar refractivity (Wildman–Crippen MR) is 143 cm³/mol. The molecule has 1 aliphatic rings. The number of fused-ring (bicyclic) bond motifs is 1. The van der Waals surface area contributed by atoms with Crippen LogP contribution in [-0.4, -0.2) is 85.8 Å². The van der Waals surface area contributed by atoms with Gasteiger partial charge in [-0.1, -0.05) is 12.1 Å². The first kappa shape index (κ1) is 29.2. The second-order valence-corrected chi connectivity index (χ2v) is 10.1. The van der Waals surface area contributed by atoms with Crippen molar-refractivity contribution in [3.63, 3.8) is 0 Å². The Balaban J connectivity index is 1.42. The highest BCUT2D eigenvalue weighted by molar-refractivity contribution is 6.06. The summed E-state index contributed by atoms with van der Waals surface area (Å²) in [6.45, 7) is 3.61. The second-order valence-electron chi connectivity index (χ2n) is 10.1. The normalized spacial score (nSPS) is 19.2. The first-order chi connectivity index (χ1) is 19.0. The quantitative estimate of drug-likeness (QED) is 0.148. The number of nitrogen functional groups attached to an aromatic ring is 1. The number of benzene rings is 1. The van der Waals surface area contributed by atoms with Crippen molar-refractivity contribution in [2.45, 2.75) is 50.8 Å². The van der Waals surface area contributed by atoms with Gasteiger partial charge in [-0.3, -0.25) is 19.4 Å². The Bertz CT molecular complexity index is 1420. The number of hydrogen-bond donors (Lipinski definition) is 7. The first-order valence-electron chi connectivity index (χ1n) is 12.8. The molecule has 1 aliphatic heterocycles. The van der Waals surface area contributed by atoms with Gasteiger partial charge in [0, 0.05) is 31.3 Å². The largest absolute Gasteiger partial charge is 0.394 e. The number of anilines is 1.